The fraction of sp³-hybridized carbons (Fsp3) is 0.389. The van der Waals surface area contributed by atoms with E-state index in [2.05, 4.69) is 6.07 Å². The Balaban J connectivity index is 2.59. The quantitative estimate of drug-likeness (QED) is 0.730. The van der Waals surface area contributed by atoms with Crippen molar-refractivity contribution in [1.29, 1.82) is 5.26 Å². The Morgan fingerprint density at radius 1 is 1.50 bits per heavy atom. The fourth-order valence-corrected chi connectivity index (χ4v) is 3.20. The van der Waals surface area contributed by atoms with E-state index < -0.39 is 28.4 Å². The van der Waals surface area contributed by atoms with Gasteiger partial charge in [0.25, 0.3) is 5.56 Å². The third kappa shape index (κ3) is 3.66. The number of rotatable bonds is 7. The predicted octanol–water partition coefficient (Wildman–Crippen LogP) is 2.22. The lowest BCUT2D eigenvalue weighted by atomic mass is 9.83. The number of methoxy groups -OCH3 is 2. The monoisotopic (exact) mass is 378 g/mol. The molecular weight excluding hydrogens is 360 g/mol. The molecule has 1 aromatic rings. The van der Waals surface area contributed by atoms with Gasteiger partial charge >= 0.3 is 5.97 Å². The second kappa shape index (κ2) is 8.21. The number of carbonyl (C=O) groups is 1. The van der Waals surface area contributed by atoms with Crippen molar-refractivity contribution in [1.82, 2.24) is 4.57 Å². The van der Waals surface area contributed by atoms with Crippen LogP contribution in [-0.4, -0.2) is 36.5 Å². The molecule has 1 aliphatic carbocycles. The van der Waals surface area contributed by atoms with E-state index in [1.807, 2.05) is 0 Å². The van der Waals surface area contributed by atoms with Crippen LogP contribution >= 0.6 is 11.6 Å². The molecule has 0 spiro atoms. The number of halogens is 1. The lowest BCUT2D eigenvalue weighted by Crippen LogP contribution is -2.34. The molecule has 1 aliphatic rings. The number of alkyl halides is 1. The number of nitrogens with zero attached hydrogens (tertiary/aromatic N) is 2. The average Bonchev–Trinajstić information content (AvgIpc) is 2.62. The third-order valence-electron chi connectivity index (χ3n) is 4.24. The van der Waals surface area contributed by atoms with Gasteiger partial charge in [-0.05, 0) is 0 Å². The molecule has 2 rings (SSSR count). The van der Waals surface area contributed by atoms with Gasteiger partial charge in [0.2, 0.25) is 0 Å². The normalized spacial score (nSPS) is 22.6. The lowest BCUT2D eigenvalue weighted by Gasteiger charge is -2.30. The molecule has 8 heteroatoms. The van der Waals surface area contributed by atoms with Gasteiger partial charge in [0.1, 0.15) is 16.7 Å². The van der Waals surface area contributed by atoms with Crippen molar-refractivity contribution in [3.05, 3.63) is 52.5 Å². The average molecular weight is 379 g/mol. The first-order valence-electron chi connectivity index (χ1n) is 7.86. The smallest absolute Gasteiger partial charge is 0.326 e. The molecule has 138 valence electrons. The van der Waals surface area contributed by atoms with Crippen LogP contribution in [0.3, 0.4) is 0 Å². The molecule has 0 saturated heterocycles. The van der Waals surface area contributed by atoms with Crippen LogP contribution in [0.5, 0.6) is 5.75 Å². The van der Waals surface area contributed by atoms with Crippen LogP contribution < -0.4 is 10.3 Å². The number of carboxylic acid groups (broad SMARTS) is 1. The van der Waals surface area contributed by atoms with Gasteiger partial charge < -0.3 is 14.6 Å². The van der Waals surface area contributed by atoms with Gasteiger partial charge in [0.05, 0.1) is 25.3 Å². The Hall–Kier alpha value is -2.56. The minimum Gasteiger partial charge on any atom is -0.495 e. The first-order chi connectivity index (χ1) is 12.4. The summed E-state index contributed by atoms with van der Waals surface area (Å²) in [6, 6.07) is 2.22. The maximum atomic E-state index is 12.6. The molecule has 0 fully saturated rings. The van der Waals surface area contributed by atoms with Crippen molar-refractivity contribution in [3.8, 4) is 11.8 Å². The molecule has 0 radical (unpaired) electrons. The summed E-state index contributed by atoms with van der Waals surface area (Å²) < 4.78 is 11.3. The molecule has 3 atom stereocenters. The van der Waals surface area contributed by atoms with Gasteiger partial charge in [0, 0.05) is 31.8 Å². The zero-order valence-corrected chi connectivity index (χ0v) is 15.1. The molecule has 1 heterocycles. The van der Waals surface area contributed by atoms with Crippen LogP contribution in [0.4, 0.5) is 0 Å². The van der Waals surface area contributed by atoms with Gasteiger partial charge in [-0.1, -0.05) is 24.3 Å². The van der Waals surface area contributed by atoms with Crippen molar-refractivity contribution < 1.29 is 19.4 Å². The first kappa shape index (κ1) is 19.8. The standard InChI is InChI=1S/C18H19ClN2O5/c1-25-8-6-14(17(23)24)21-11-15(26-2)13(9-16(21)22)18(19)7-4-3-5-12(18)10-20/h3-5,7,9,11-12,14H,6,8H2,1-2H3,(H,23,24). The maximum Gasteiger partial charge on any atom is 0.326 e. The molecule has 0 amide bonds. The van der Waals surface area contributed by atoms with Crippen LogP contribution in [0, 0.1) is 17.2 Å². The molecule has 0 saturated carbocycles. The number of hydrogen-bond donors (Lipinski definition) is 1. The second-order valence-corrected chi connectivity index (χ2v) is 6.38. The number of aliphatic carboxylic acids is 1. The Morgan fingerprint density at radius 3 is 2.81 bits per heavy atom. The minimum atomic E-state index is -1.28. The highest BCUT2D eigenvalue weighted by Gasteiger charge is 2.39. The summed E-state index contributed by atoms with van der Waals surface area (Å²) in [6.45, 7) is 0.178. The minimum absolute atomic E-state index is 0.115. The largest absolute Gasteiger partial charge is 0.495 e. The first-order valence-corrected chi connectivity index (χ1v) is 8.23. The van der Waals surface area contributed by atoms with Crippen molar-refractivity contribution in [2.24, 2.45) is 5.92 Å². The van der Waals surface area contributed by atoms with Gasteiger partial charge in [-0.15, -0.1) is 11.6 Å². The van der Waals surface area contributed by atoms with Crippen LogP contribution in [0.2, 0.25) is 0 Å². The van der Waals surface area contributed by atoms with Gasteiger partial charge in [-0.25, -0.2) is 4.79 Å². The number of nitriles is 1. The number of ether oxygens (including phenoxy) is 2. The van der Waals surface area contributed by atoms with Crippen LogP contribution in [0.15, 0.2) is 41.4 Å². The topological polar surface area (TPSA) is 102 Å². The van der Waals surface area contributed by atoms with Crippen LogP contribution in [0.1, 0.15) is 18.0 Å². The highest BCUT2D eigenvalue weighted by atomic mass is 35.5. The van der Waals surface area contributed by atoms with E-state index in [4.69, 9.17) is 21.1 Å². The highest BCUT2D eigenvalue weighted by Crippen LogP contribution is 2.44. The van der Waals surface area contributed by atoms with Crippen molar-refractivity contribution in [2.75, 3.05) is 20.8 Å². The molecule has 3 unspecified atom stereocenters. The van der Waals surface area contributed by atoms with E-state index in [1.165, 1.54) is 26.5 Å². The highest BCUT2D eigenvalue weighted by molar-refractivity contribution is 6.26. The van der Waals surface area contributed by atoms with Gasteiger partial charge in [-0.3, -0.25) is 9.36 Å². The van der Waals surface area contributed by atoms with E-state index in [-0.39, 0.29) is 18.8 Å². The fourth-order valence-electron chi connectivity index (χ4n) is 2.85. The lowest BCUT2D eigenvalue weighted by molar-refractivity contribution is -0.141. The molecule has 0 aromatic carbocycles. The Bertz CT molecular complexity index is 839. The predicted molar refractivity (Wildman–Crippen MR) is 95.3 cm³/mol. The van der Waals surface area contributed by atoms with E-state index >= 15 is 0 Å². The molecule has 0 bridgehead atoms. The number of allylic oxidation sites excluding steroid dienone is 4. The van der Waals surface area contributed by atoms with Gasteiger partial charge in [-0.2, -0.15) is 5.26 Å². The molecule has 0 aliphatic heterocycles. The van der Waals surface area contributed by atoms with Crippen molar-refractivity contribution >= 4 is 17.6 Å². The van der Waals surface area contributed by atoms with E-state index in [9.17, 15) is 20.0 Å². The van der Waals surface area contributed by atoms with Crippen molar-refractivity contribution in [3.63, 3.8) is 0 Å². The van der Waals surface area contributed by atoms with Gasteiger partial charge in [0.15, 0.2) is 0 Å². The van der Waals surface area contributed by atoms with E-state index in [0.29, 0.717) is 5.56 Å². The summed E-state index contributed by atoms with van der Waals surface area (Å²) in [5, 5.41) is 18.8. The zero-order valence-electron chi connectivity index (χ0n) is 14.4. The summed E-state index contributed by atoms with van der Waals surface area (Å²) in [4.78, 5) is 22.9. The summed E-state index contributed by atoms with van der Waals surface area (Å²) in [5.74, 6) is -1.64. The van der Waals surface area contributed by atoms with Crippen LogP contribution in [-0.2, 0) is 14.4 Å². The Kier molecular flexibility index (Phi) is 6.24. The van der Waals surface area contributed by atoms with Crippen LogP contribution in [0.25, 0.3) is 0 Å². The zero-order chi connectivity index (χ0) is 19.3. The molecule has 1 aromatic heterocycles. The summed E-state index contributed by atoms with van der Waals surface area (Å²) in [5.41, 5.74) is -0.241. The summed E-state index contributed by atoms with van der Waals surface area (Å²) in [7, 11) is 2.84. The SMILES string of the molecule is COCCC(C(=O)O)n1cc(OC)c(C2(Cl)C=CC=CC2C#N)cc1=O. The molecular formula is C18H19ClN2O5. The summed E-state index contributed by atoms with van der Waals surface area (Å²) in [6.07, 6.45) is 8.07. The number of aromatic nitrogens is 1. The van der Waals surface area contributed by atoms with Crippen molar-refractivity contribution in [2.45, 2.75) is 17.3 Å². The number of pyridine rings is 1. The third-order valence-corrected chi connectivity index (χ3v) is 4.80. The molecule has 7 nitrogen and oxygen atoms in total. The summed E-state index contributed by atoms with van der Waals surface area (Å²) >= 11 is 6.68. The maximum absolute atomic E-state index is 12.6. The van der Waals surface area contributed by atoms with E-state index in [1.54, 1.807) is 24.3 Å². The Morgan fingerprint density at radius 2 is 2.23 bits per heavy atom. The number of carboxylic acids is 1. The second-order valence-electron chi connectivity index (χ2n) is 5.76. The number of hydrogen-bond acceptors (Lipinski definition) is 5. The Labute approximate surface area is 155 Å². The molecule has 26 heavy (non-hydrogen) atoms. The molecule has 1 N–H and O–H groups in total. The van der Waals surface area contributed by atoms with E-state index in [0.717, 1.165) is 4.57 Å².